The third-order valence-electron chi connectivity index (χ3n) is 3.65. The van der Waals surface area contributed by atoms with E-state index in [2.05, 4.69) is 4.18 Å². The van der Waals surface area contributed by atoms with E-state index in [9.17, 15) is 27.0 Å². The van der Waals surface area contributed by atoms with Crippen molar-refractivity contribution in [2.45, 2.75) is 29.6 Å². The van der Waals surface area contributed by atoms with Crippen LogP contribution in [0.5, 0.6) is 11.5 Å². The largest absolute Gasteiger partial charge is 0.493 e. The Morgan fingerprint density at radius 1 is 1.08 bits per heavy atom. The maximum absolute atomic E-state index is 12.7. The highest BCUT2D eigenvalue weighted by atomic mass is 32.2. The first kappa shape index (κ1) is 22.6. The van der Waals surface area contributed by atoms with E-state index in [1.165, 1.54) is 39.3 Å². The molecular formula is C15H24O9S2. The van der Waals surface area contributed by atoms with Gasteiger partial charge in [0.25, 0.3) is 10.1 Å². The fourth-order valence-electron chi connectivity index (χ4n) is 2.12. The van der Waals surface area contributed by atoms with E-state index >= 15 is 0 Å². The number of rotatable bonds is 11. The van der Waals surface area contributed by atoms with Crippen LogP contribution in [0.4, 0.5) is 0 Å². The van der Waals surface area contributed by atoms with Gasteiger partial charge in [0, 0.05) is 6.07 Å². The number of hydrogen-bond donors (Lipinski definition) is 2. The molecule has 0 aromatic heterocycles. The molecule has 0 spiro atoms. The van der Waals surface area contributed by atoms with Crippen LogP contribution in [0.1, 0.15) is 13.3 Å². The van der Waals surface area contributed by atoms with Gasteiger partial charge in [-0.25, -0.2) is 8.42 Å². The molecule has 150 valence electrons. The molecule has 0 saturated heterocycles. The van der Waals surface area contributed by atoms with Crippen LogP contribution in [0.15, 0.2) is 23.1 Å². The van der Waals surface area contributed by atoms with E-state index in [-0.39, 0.29) is 16.4 Å². The van der Waals surface area contributed by atoms with Crippen LogP contribution in [-0.4, -0.2) is 71.6 Å². The van der Waals surface area contributed by atoms with Gasteiger partial charge < -0.3 is 19.7 Å². The lowest BCUT2D eigenvalue weighted by Gasteiger charge is -2.19. The van der Waals surface area contributed by atoms with E-state index < -0.39 is 50.9 Å². The van der Waals surface area contributed by atoms with Gasteiger partial charge in [-0.3, -0.25) is 4.18 Å². The molecule has 1 aromatic carbocycles. The number of methoxy groups -OCH3 is 2. The topological polar surface area (TPSA) is 136 Å². The molecule has 0 aliphatic heterocycles. The standard InChI is InChI=1S/C15H24O9S2/c1-4-25(18,19)24-10-11(17)7-13(9-16)26(20,21)12-5-6-14(22-2)15(8-12)23-3/h5-6,8,11,13,16-17H,4,7,9-10H2,1-3H3. The molecule has 11 heteroatoms. The summed E-state index contributed by atoms with van der Waals surface area (Å²) in [6.45, 7) is 0.0299. The Kier molecular flexibility index (Phi) is 8.28. The normalized spacial score (nSPS) is 14.7. The smallest absolute Gasteiger partial charge is 0.267 e. The zero-order valence-electron chi connectivity index (χ0n) is 14.8. The molecule has 1 rings (SSSR count). The molecule has 9 nitrogen and oxygen atoms in total. The molecule has 0 bridgehead atoms. The SMILES string of the molecule is CCS(=O)(=O)OCC(O)CC(CO)S(=O)(=O)c1ccc(OC)c(OC)c1. The Hall–Kier alpha value is -1.40. The molecule has 2 N–H and O–H groups in total. The van der Waals surface area contributed by atoms with Crippen molar-refractivity contribution in [3.8, 4) is 11.5 Å². The van der Waals surface area contributed by atoms with Crippen LogP contribution >= 0.6 is 0 Å². The molecule has 0 heterocycles. The minimum absolute atomic E-state index is 0.122. The first-order chi connectivity index (χ1) is 12.1. The minimum atomic E-state index is -4.01. The maximum Gasteiger partial charge on any atom is 0.267 e. The zero-order chi connectivity index (χ0) is 20.0. The molecular weight excluding hydrogens is 388 g/mol. The Bertz CT molecular complexity index is 787. The zero-order valence-corrected chi connectivity index (χ0v) is 16.4. The minimum Gasteiger partial charge on any atom is -0.493 e. The summed E-state index contributed by atoms with van der Waals surface area (Å²) in [5.41, 5.74) is 0. The first-order valence-electron chi connectivity index (χ1n) is 7.73. The summed E-state index contributed by atoms with van der Waals surface area (Å²) in [6, 6.07) is 3.96. The summed E-state index contributed by atoms with van der Waals surface area (Å²) in [7, 11) is -5.02. The molecule has 2 unspecified atom stereocenters. The number of aliphatic hydroxyl groups is 2. The highest BCUT2D eigenvalue weighted by Gasteiger charge is 2.30. The predicted molar refractivity (Wildman–Crippen MR) is 93.6 cm³/mol. The molecule has 0 radical (unpaired) electrons. The number of benzene rings is 1. The van der Waals surface area contributed by atoms with Crippen LogP contribution in [0.25, 0.3) is 0 Å². The molecule has 0 amide bonds. The second-order valence-electron chi connectivity index (χ2n) is 5.39. The molecule has 0 aliphatic rings. The van der Waals surface area contributed by atoms with Crippen molar-refractivity contribution < 1.29 is 40.7 Å². The van der Waals surface area contributed by atoms with Crippen LogP contribution in [0, 0.1) is 0 Å². The van der Waals surface area contributed by atoms with Gasteiger partial charge in [0.1, 0.15) is 0 Å². The van der Waals surface area contributed by atoms with Crippen molar-refractivity contribution in [2.24, 2.45) is 0 Å². The Balaban J connectivity index is 2.97. The van der Waals surface area contributed by atoms with Gasteiger partial charge in [-0.2, -0.15) is 8.42 Å². The average molecular weight is 412 g/mol. The van der Waals surface area contributed by atoms with Crippen molar-refractivity contribution in [2.75, 3.05) is 33.2 Å². The summed E-state index contributed by atoms with van der Waals surface area (Å²) in [4.78, 5) is -0.122. The molecule has 1 aromatic rings. The molecule has 0 fully saturated rings. The predicted octanol–water partition coefficient (Wildman–Crippen LogP) is -0.0443. The van der Waals surface area contributed by atoms with E-state index in [1.807, 2.05) is 0 Å². The monoisotopic (exact) mass is 412 g/mol. The van der Waals surface area contributed by atoms with Gasteiger partial charge in [0.15, 0.2) is 21.3 Å². The third-order valence-corrected chi connectivity index (χ3v) is 6.99. The lowest BCUT2D eigenvalue weighted by Crippen LogP contribution is -2.32. The summed E-state index contributed by atoms with van der Waals surface area (Å²) in [6.07, 6.45) is -1.78. The van der Waals surface area contributed by atoms with E-state index in [0.717, 1.165) is 0 Å². The Morgan fingerprint density at radius 3 is 2.19 bits per heavy atom. The van der Waals surface area contributed by atoms with Crippen molar-refractivity contribution >= 4 is 20.0 Å². The molecule has 2 atom stereocenters. The number of aliphatic hydroxyl groups excluding tert-OH is 2. The van der Waals surface area contributed by atoms with E-state index in [1.54, 1.807) is 0 Å². The van der Waals surface area contributed by atoms with Crippen molar-refractivity contribution in [1.82, 2.24) is 0 Å². The van der Waals surface area contributed by atoms with Crippen LogP contribution in [-0.2, 0) is 24.1 Å². The van der Waals surface area contributed by atoms with Gasteiger partial charge in [-0.15, -0.1) is 0 Å². The van der Waals surface area contributed by atoms with Crippen molar-refractivity contribution in [1.29, 1.82) is 0 Å². The lowest BCUT2D eigenvalue weighted by atomic mass is 10.2. The van der Waals surface area contributed by atoms with E-state index in [0.29, 0.717) is 5.75 Å². The third kappa shape index (κ3) is 5.81. The highest BCUT2D eigenvalue weighted by molar-refractivity contribution is 7.92. The fraction of sp³-hybridized carbons (Fsp3) is 0.600. The maximum atomic E-state index is 12.7. The summed E-state index contributed by atoms with van der Waals surface area (Å²) in [5.74, 6) is 0.265. The fourth-order valence-corrected chi connectivity index (χ4v) is 4.24. The summed E-state index contributed by atoms with van der Waals surface area (Å²) in [5, 5.41) is 18.0. The average Bonchev–Trinajstić information content (AvgIpc) is 2.63. The number of sulfone groups is 1. The Morgan fingerprint density at radius 2 is 1.69 bits per heavy atom. The van der Waals surface area contributed by atoms with Crippen LogP contribution in [0.3, 0.4) is 0 Å². The first-order valence-corrected chi connectivity index (χ1v) is 10.9. The van der Waals surface area contributed by atoms with E-state index in [4.69, 9.17) is 9.47 Å². The van der Waals surface area contributed by atoms with Gasteiger partial charge >= 0.3 is 0 Å². The van der Waals surface area contributed by atoms with Gasteiger partial charge in [0.05, 0.1) is 49.4 Å². The highest BCUT2D eigenvalue weighted by Crippen LogP contribution is 2.31. The van der Waals surface area contributed by atoms with Gasteiger partial charge in [-0.1, -0.05) is 0 Å². The van der Waals surface area contributed by atoms with Crippen molar-refractivity contribution in [3.05, 3.63) is 18.2 Å². The number of ether oxygens (including phenoxy) is 2. The van der Waals surface area contributed by atoms with Crippen LogP contribution < -0.4 is 9.47 Å². The molecule has 26 heavy (non-hydrogen) atoms. The molecule has 0 aliphatic carbocycles. The summed E-state index contributed by atoms with van der Waals surface area (Å²) < 4.78 is 62.7. The molecule has 0 saturated carbocycles. The van der Waals surface area contributed by atoms with Crippen LogP contribution in [0.2, 0.25) is 0 Å². The van der Waals surface area contributed by atoms with Crippen molar-refractivity contribution in [3.63, 3.8) is 0 Å². The van der Waals surface area contributed by atoms with Gasteiger partial charge in [0.2, 0.25) is 0 Å². The summed E-state index contributed by atoms with van der Waals surface area (Å²) >= 11 is 0. The quantitative estimate of drug-likeness (QED) is 0.479. The second-order valence-corrected chi connectivity index (χ2v) is 9.54. The van der Waals surface area contributed by atoms with Gasteiger partial charge in [-0.05, 0) is 25.5 Å². The Labute approximate surface area is 153 Å². The lowest BCUT2D eigenvalue weighted by molar-refractivity contribution is 0.0963. The number of hydrogen-bond acceptors (Lipinski definition) is 9. The second kappa shape index (κ2) is 9.51.